The Balaban J connectivity index is 3.22. The molecule has 1 unspecified atom stereocenters. The maximum Gasteiger partial charge on any atom is 0.146 e. The largest absolute Gasteiger partial charge is 0.359 e. The lowest BCUT2D eigenvalue weighted by Gasteiger charge is -2.10. The lowest BCUT2D eigenvalue weighted by atomic mass is 10.2. The quantitative estimate of drug-likeness (QED) is 0.550. The summed E-state index contributed by atoms with van der Waals surface area (Å²) in [6.07, 6.45) is 1.47. The van der Waals surface area contributed by atoms with Gasteiger partial charge < -0.3 is 14.3 Å². The molecule has 0 N–H and O–H groups in total. The average Bonchev–Trinajstić information content (AvgIpc) is 1.97. The lowest BCUT2D eigenvalue weighted by Crippen LogP contribution is -2.11. The van der Waals surface area contributed by atoms with Crippen molar-refractivity contribution in [1.29, 1.82) is 0 Å². The molecule has 0 spiro atoms. The first kappa shape index (κ1) is 10.6. The summed E-state index contributed by atoms with van der Waals surface area (Å²) in [6.45, 7) is 3.82. The van der Waals surface area contributed by atoms with Crippen molar-refractivity contribution in [3.63, 3.8) is 0 Å². The topological polar surface area (TPSA) is 35.5 Å². The van der Waals surface area contributed by atoms with Crippen molar-refractivity contribution in [3.05, 3.63) is 0 Å². The molecule has 0 radical (unpaired) electrons. The van der Waals surface area contributed by atoms with Crippen molar-refractivity contribution >= 4 is 5.78 Å². The Kier molecular flexibility index (Phi) is 6.07. The molecule has 0 bridgehead atoms. The summed E-state index contributed by atoms with van der Waals surface area (Å²) < 4.78 is 9.88. The summed E-state index contributed by atoms with van der Waals surface area (Å²) >= 11 is 0. The molecular weight excluding hydrogens is 144 g/mol. The van der Waals surface area contributed by atoms with Crippen LogP contribution >= 0.6 is 0 Å². The fourth-order valence-electron chi connectivity index (χ4n) is 0.674. The predicted octanol–water partition coefficient (Wildman–Crippen LogP) is 1.36. The van der Waals surface area contributed by atoms with E-state index in [1.54, 1.807) is 14.0 Å². The molecule has 0 saturated carbocycles. The number of hydrogen-bond donors (Lipinski definition) is 0. The molecule has 11 heavy (non-hydrogen) atoms. The predicted molar refractivity (Wildman–Crippen MR) is 42.3 cm³/mol. The third-order valence-electron chi connectivity index (χ3n) is 1.37. The van der Waals surface area contributed by atoms with E-state index in [2.05, 4.69) is 0 Å². The van der Waals surface area contributed by atoms with Gasteiger partial charge in [-0.3, -0.25) is 0 Å². The monoisotopic (exact) mass is 160 g/mol. The van der Waals surface area contributed by atoms with Gasteiger partial charge in [-0.2, -0.15) is 0 Å². The molecule has 1 atom stereocenters. The molecule has 3 heteroatoms. The number of rotatable bonds is 6. The maximum atomic E-state index is 10.5. The minimum atomic E-state index is 0.110. The fraction of sp³-hybridized carbons (Fsp3) is 0.875. The van der Waals surface area contributed by atoms with Crippen LogP contribution < -0.4 is 0 Å². The number of ketones is 1. The number of carbonyl (C=O) groups is 1. The van der Waals surface area contributed by atoms with Gasteiger partial charge in [-0.15, -0.1) is 0 Å². The molecule has 0 aromatic rings. The van der Waals surface area contributed by atoms with Gasteiger partial charge in [0.2, 0.25) is 0 Å². The van der Waals surface area contributed by atoms with E-state index < -0.39 is 0 Å². The minimum absolute atomic E-state index is 0.110. The highest BCUT2D eigenvalue weighted by atomic mass is 16.7. The van der Waals surface area contributed by atoms with E-state index in [1.165, 1.54) is 0 Å². The third kappa shape index (κ3) is 7.49. The van der Waals surface area contributed by atoms with Gasteiger partial charge in [-0.1, -0.05) is 0 Å². The normalized spacial score (nSPS) is 13.0. The lowest BCUT2D eigenvalue weighted by molar-refractivity contribution is -0.118. The molecule has 3 nitrogen and oxygen atoms in total. The Morgan fingerprint density at radius 3 is 2.64 bits per heavy atom. The second kappa shape index (κ2) is 6.31. The smallest absolute Gasteiger partial charge is 0.146 e. The van der Waals surface area contributed by atoms with Crippen molar-refractivity contribution in [2.45, 2.75) is 32.8 Å². The summed E-state index contributed by atoms with van der Waals surface area (Å²) in [4.78, 5) is 10.5. The molecule has 0 amide bonds. The fourth-order valence-corrected chi connectivity index (χ4v) is 0.674. The van der Waals surface area contributed by atoms with Crippen LogP contribution in [0, 0.1) is 0 Å². The van der Waals surface area contributed by atoms with E-state index in [4.69, 9.17) is 9.47 Å². The van der Waals surface area contributed by atoms with Gasteiger partial charge in [0, 0.05) is 13.5 Å². The number of ether oxygens (including phenoxy) is 2. The van der Waals surface area contributed by atoms with Gasteiger partial charge in [-0.05, 0) is 20.3 Å². The molecular formula is C8H16O3. The highest BCUT2D eigenvalue weighted by Crippen LogP contribution is 2.01. The van der Waals surface area contributed by atoms with Gasteiger partial charge >= 0.3 is 0 Å². The molecule has 0 aromatic heterocycles. The van der Waals surface area contributed by atoms with Crippen LogP contribution in [0.15, 0.2) is 0 Å². The maximum absolute atomic E-state index is 10.5. The Morgan fingerprint density at radius 2 is 2.18 bits per heavy atom. The van der Waals surface area contributed by atoms with Crippen LogP contribution in [0.25, 0.3) is 0 Å². The summed E-state index contributed by atoms with van der Waals surface area (Å²) in [7, 11) is 1.58. The van der Waals surface area contributed by atoms with Crippen molar-refractivity contribution in [2.75, 3.05) is 13.9 Å². The SMILES string of the molecule is COCOC(C)CCC(C)=O. The first-order valence-corrected chi connectivity index (χ1v) is 3.76. The second-order valence-electron chi connectivity index (χ2n) is 2.62. The van der Waals surface area contributed by atoms with Gasteiger partial charge in [0.05, 0.1) is 6.10 Å². The van der Waals surface area contributed by atoms with E-state index >= 15 is 0 Å². The molecule has 0 rings (SSSR count). The third-order valence-corrected chi connectivity index (χ3v) is 1.37. The van der Waals surface area contributed by atoms with Crippen molar-refractivity contribution < 1.29 is 14.3 Å². The van der Waals surface area contributed by atoms with Crippen LogP contribution in [0.4, 0.5) is 0 Å². The summed E-state index contributed by atoms with van der Waals surface area (Å²) in [5.74, 6) is 0.206. The van der Waals surface area contributed by atoms with E-state index in [9.17, 15) is 4.79 Å². The molecule has 0 fully saturated rings. The van der Waals surface area contributed by atoms with Crippen molar-refractivity contribution in [1.82, 2.24) is 0 Å². The first-order valence-electron chi connectivity index (χ1n) is 3.76. The molecule has 0 saturated heterocycles. The van der Waals surface area contributed by atoms with Crippen molar-refractivity contribution in [2.24, 2.45) is 0 Å². The zero-order valence-electron chi connectivity index (χ0n) is 7.42. The van der Waals surface area contributed by atoms with Gasteiger partial charge in [0.25, 0.3) is 0 Å². The van der Waals surface area contributed by atoms with Gasteiger partial charge in [-0.25, -0.2) is 0 Å². The molecule has 0 aliphatic heterocycles. The number of methoxy groups -OCH3 is 1. The summed E-state index contributed by atoms with van der Waals surface area (Å²) in [6, 6.07) is 0. The Hall–Kier alpha value is -0.410. The van der Waals surface area contributed by atoms with Crippen LogP contribution in [-0.2, 0) is 14.3 Å². The van der Waals surface area contributed by atoms with Gasteiger partial charge in [0.1, 0.15) is 12.6 Å². The van der Waals surface area contributed by atoms with Gasteiger partial charge in [0.15, 0.2) is 0 Å². The number of carbonyl (C=O) groups excluding carboxylic acids is 1. The highest BCUT2D eigenvalue weighted by molar-refractivity contribution is 5.75. The van der Waals surface area contributed by atoms with E-state index in [0.29, 0.717) is 13.2 Å². The average molecular weight is 160 g/mol. The van der Waals surface area contributed by atoms with Crippen LogP contribution in [0.2, 0.25) is 0 Å². The van der Waals surface area contributed by atoms with Crippen LogP contribution in [0.5, 0.6) is 0 Å². The molecule has 0 aliphatic carbocycles. The van der Waals surface area contributed by atoms with Crippen LogP contribution in [0.1, 0.15) is 26.7 Å². The van der Waals surface area contributed by atoms with Crippen LogP contribution in [0.3, 0.4) is 0 Å². The van der Waals surface area contributed by atoms with E-state index in [1.807, 2.05) is 6.92 Å². The molecule has 0 aromatic carbocycles. The molecule has 66 valence electrons. The Bertz CT molecular complexity index is 112. The zero-order chi connectivity index (χ0) is 8.69. The Morgan fingerprint density at radius 1 is 1.55 bits per heavy atom. The highest BCUT2D eigenvalue weighted by Gasteiger charge is 2.02. The summed E-state index contributed by atoms with van der Waals surface area (Å²) in [5.41, 5.74) is 0. The number of Topliss-reactive ketones (excluding diaryl/α,β-unsaturated/α-hetero) is 1. The van der Waals surface area contributed by atoms with Crippen molar-refractivity contribution in [3.8, 4) is 0 Å². The second-order valence-corrected chi connectivity index (χ2v) is 2.62. The zero-order valence-corrected chi connectivity index (χ0v) is 7.42. The molecule has 0 heterocycles. The number of hydrogen-bond acceptors (Lipinski definition) is 3. The minimum Gasteiger partial charge on any atom is -0.359 e. The molecule has 0 aliphatic rings. The standard InChI is InChI=1S/C8H16O3/c1-7(9)4-5-8(2)11-6-10-3/h8H,4-6H2,1-3H3. The van der Waals surface area contributed by atoms with E-state index in [0.717, 1.165) is 6.42 Å². The van der Waals surface area contributed by atoms with Crippen LogP contribution in [-0.4, -0.2) is 25.8 Å². The first-order chi connectivity index (χ1) is 5.16. The van der Waals surface area contributed by atoms with E-state index in [-0.39, 0.29) is 11.9 Å². The Labute approximate surface area is 67.7 Å². The summed E-state index contributed by atoms with van der Waals surface area (Å²) in [5, 5.41) is 0.